The van der Waals surface area contributed by atoms with Gasteiger partial charge in [-0.15, -0.1) is 0 Å². The molecular weight excluding hydrogens is 491 g/mol. The lowest BCUT2D eigenvalue weighted by Gasteiger charge is -2.05. The molecule has 3 aromatic rings. The Hall–Kier alpha value is -2.23. The van der Waals surface area contributed by atoms with Gasteiger partial charge in [-0.25, -0.2) is 8.42 Å². The van der Waals surface area contributed by atoms with E-state index >= 15 is 0 Å². The Bertz CT molecular complexity index is 996. The van der Waals surface area contributed by atoms with E-state index in [9.17, 15) is 17.8 Å². The van der Waals surface area contributed by atoms with Gasteiger partial charge in [0.15, 0.2) is 7.14 Å². The highest BCUT2D eigenvalue weighted by Crippen LogP contribution is 2.08. The van der Waals surface area contributed by atoms with Crippen molar-refractivity contribution in [3.05, 3.63) is 91.1 Å². The Labute approximate surface area is 175 Å². The van der Waals surface area contributed by atoms with Crippen molar-refractivity contribution in [1.82, 2.24) is 0 Å². The van der Waals surface area contributed by atoms with E-state index in [1.807, 2.05) is 43.3 Å². The highest BCUT2D eigenvalue weighted by molar-refractivity contribution is 7.85. The molecule has 0 heterocycles. The first-order chi connectivity index (χ1) is 13.3. The van der Waals surface area contributed by atoms with Crippen LogP contribution in [0.3, 0.4) is 0 Å². The number of hydrogen-bond donors (Lipinski definition) is 0. The highest BCUT2D eigenvalue weighted by atomic mass is 127. The molecule has 0 aliphatic heterocycles. The molecule has 0 N–H and O–H groups in total. The van der Waals surface area contributed by atoms with Gasteiger partial charge in [-0.1, -0.05) is 17.7 Å². The topological polar surface area (TPSA) is 83.5 Å². The first-order valence-electron chi connectivity index (χ1n) is 8.18. The molecule has 0 amide bonds. The van der Waals surface area contributed by atoms with Crippen LogP contribution in [-0.4, -0.2) is 26.4 Å². The summed E-state index contributed by atoms with van der Waals surface area (Å²) < 4.78 is 38.9. The van der Waals surface area contributed by atoms with Crippen LogP contribution < -0.4 is 25.9 Å². The SMILES string of the molecule is COc1ccc([I+]c2ccc(C=O)cc2)cc1.Cc1ccc(S(=O)(=O)[O-])cc1. The van der Waals surface area contributed by atoms with Gasteiger partial charge in [0.1, 0.15) is 22.2 Å². The van der Waals surface area contributed by atoms with Crippen molar-refractivity contribution in [3.8, 4) is 5.75 Å². The number of ether oxygens (including phenoxy) is 1. The second kappa shape index (κ2) is 10.4. The standard InChI is InChI=1S/C14H12IO2.C7H8O3S/c1-17-14-8-6-13(7-9-14)15-12-4-2-11(10-16)3-5-12;1-6-2-4-7(5-3-6)11(8,9)10/h2-10H,1H3;2-5H,1H3,(H,8,9,10)/q+1;/p-1. The molecule has 28 heavy (non-hydrogen) atoms. The quantitative estimate of drug-likeness (QED) is 0.284. The number of carbonyl (C=O) groups excluding carboxylic acids is 1. The van der Waals surface area contributed by atoms with Gasteiger partial charge in [0.05, 0.1) is 12.0 Å². The Morgan fingerprint density at radius 3 is 1.79 bits per heavy atom. The van der Waals surface area contributed by atoms with E-state index in [0.29, 0.717) is 0 Å². The Balaban J connectivity index is 0.000000221. The van der Waals surface area contributed by atoms with Crippen molar-refractivity contribution in [3.63, 3.8) is 0 Å². The third-order valence-electron chi connectivity index (χ3n) is 3.58. The Kier molecular flexibility index (Phi) is 8.16. The molecule has 0 unspecified atom stereocenters. The summed E-state index contributed by atoms with van der Waals surface area (Å²) >= 11 is -0.179. The molecule has 0 aliphatic rings. The number of hydrogen-bond acceptors (Lipinski definition) is 5. The number of aldehydes is 1. The normalized spacial score (nSPS) is 10.5. The van der Waals surface area contributed by atoms with Gasteiger partial charge in [0, 0.05) is 5.56 Å². The Morgan fingerprint density at radius 2 is 1.36 bits per heavy atom. The van der Waals surface area contributed by atoms with Gasteiger partial charge in [-0.05, 0) is 67.6 Å². The number of benzene rings is 3. The van der Waals surface area contributed by atoms with E-state index in [2.05, 4.69) is 12.1 Å². The molecule has 0 aliphatic carbocycles. The van der Waals surface area contributed by atoms with Gasteiger partial charge < -0.3 is 9.29 Å². The van der Waals surface area contributed by atoms with Crippen LogP contribution in [0.25, 0.3) is 0 Å². The molecule has 0 fully saturated rings. The van der Waals surface area contributed by atoms with Crippen LogP contribution in [0.1, 0.15) is 15.9 Å². The third-order valence-corrected chi connectivity index (χ3v) is 7.12. The smallest absolute Gasteiger partial charge is 0.357 e. The molecule has 0 saturated carbocycles. The zero-order valence-electron chi connectivity index (χ0n) is 15.3. The van der Waals surface area contributed by atoms with E-state index in [0.717, 1.165) is 23.2 Å². The molecule has 0 bridgehead atoms. The van der Waals surface area contributed by atoms with Crippen LogP contribution in [-0.2, 0) is 10.1 Å². The fourth-order valence-corrected chi connectivity index (χ4v) is 4.70. The predicted molar refractivity (Wildman–Crippen MR) is 101 cm³/mol. The average molecular weight is 510 g/mol. The largest absolute Gasteiger partial charge is 0.744 e. The lowest BCUT2D eigenvalue weighted by Crippen LogP contribution is -3.61. The van der Waals surface area contributed by atoms with E-state index in [4.69, 9.17) is 4.74 Å². The van der Waals surface area contributed by atoms with Crippen LogP contribution >= 0.6 is 0 Å². The van der Waals surface area contributed by atoms with E-state index in [-0.39, 0.29) is 26.1 Å². The summed E-state index contributed by atoms with van der Waals surface area (Å²) in [7, 11) is -2.60. The number of rotatable bonds is 5. The molecular formula is C21H19IO5S. The van der Waals surface area contributed by atoms with Crippen LogP contribution in [0.2, 0.25) is 0 Å². The lowest BCUT2D eigenvalue weighted by molar-refractivity contribution is -0.597. The first-order valence-corrected chi connectivity index (χ1v) is 11.7. The summed E-state index contributed by atoms with van der Waals surface area (Å²) in [6.07, 6.45) is 0.871. The second-order valence-electron chi connectivity index (χ2n) is 5.69. The molecule has 0 saturated heterocycles. The van der Waals surface area contributed by atoms with Crippen molar-refractivity contribution in [2.45, 2.75) is 11.8 Å². The number of aryl methyl sites for hydroxylation is 1. The van der Waals surface area contributed by atoms with Crippen molar-refractivity contribution >= 4 is 16.4 Å². The van der Waals surface area contributed by atoms with E-state index in [1.54, 1.807) is 19.2 Å². The minimum absolute atomic E-state index is 0.178. The molecule has 0 spiro atoms. The minimum Gasteiger partial charge on any atom is -0.744 e. The summed E-state index contributed by atoms with van der Waals surface area (Å²) in [6.45, 7) is 1.82. The number of methoxy groups -OCH3 is 1. The number of carbonyl (C=O) groups is 1. The predicted octanol–water partition coefficient (Wildman–Crippen LogP) is 0.535. The molecule has 0 atom stereocenters. The molecule has 0 aromatic heterocycles. The molecule has 7 heteroatoms. The molecule has 5 nitrogen and oxygen atoms in total. The average Bonchev–Trinajstić information content (AvgIpc) is 2.69. The first kappa shape index (κ1) is 22.1. The minimum atomic E-state index is -4.27. The van der Waals surface area contributed by atoms with E-state index in [1.165, 1.54) is 19.3 Å². The van der Waals surface area contributed by atoms with Crippen molar-refractivity contribution in [1.29, 1.82) is 0 Å². The van der Waals surface area contributed by atoms with Crippen molar-refractivity contribution < 1.29 is 43.7 Å². The Morgan fingerprint density at radius 1 is 0.857 bits per heavy atom. The van der Waals surface area contributed by atoms with Gasteiger partial charge in [-0.3, -0.25) is 4.79 Å². The van der Waals surface area contributed by atoms with Crippen LogP contribution in [0.4, 0.5) is 0 Å². The second-order valence-corrected chi connectivity index (χ2v) is 10.1. The third kappa shape index (κ3) is 7.06. The van der Waals surface area contributed by atoms with Gasteiger partial charge >= 0.3 is 21.2 Å². The maximum absolute atomic E-state index is 10.5. The maximum Gasteiger partial charge on any atom is 0.357 e. The van der Waals surface area contributed by atoms with Gasteiger partial charge in [0.2, 0.25) is 0 Å². The molecule has 0 radical (unpaired) electrons. The lowest BCUT2D eigenvalue weighted by atomic mass is 10.2. The number of halogens is 1. The monoisotopic (exact) mass is 510 g/mol. The summed E-state index contributed by atoms with van der Waals surface area (Å²) in [5.41, 5.74) is 1.66. The fourth-order valence-electron chi connectivity index (χ4n) is 2.07. The zero-order valence-corrected chi connectivity index (χ0v) is 18.3. The van der Waals surface area contributed by atoms with Crippen LogP contribution in [0.5, 0.6) is 5.75 Å². The van der Waals surface area contributed by atoms with Crippen LogP contribution in [0, 0.1) is 14.1 Å². The summed E-state index contributed by atoms with van der Waals surface area (Å²) in [5, 5.41) is 0. The molecule has 3 aromatic carbocycles. The van der Waals surface area contributed by atoms with Crippen LogP contribution in [0.15, 0.2) is 77.7 Å². The summed E-state index contributed by atoms with van der Waals surface area (Å²) in [6, 6.07) is 21.7. The molecule has 146 valence electrons. The zero-order chi connectivity index (χ0) is 20.6. The highest BCUT2D eigenvalue weighted by Gasteiger charge is 2.14. The maximum atomic E-state index is 10.5. The summed E-state index contributed by atoms with van der Waals surface area (Å²) in [4.78, 5) is 10.4. The van der Waals surface area contributed by atoms with E-state index < -0.39 is 10.1 Å². The van der Waals surface area contributed by atoms with Crippen molar-refractivity contribution in [2.24, 2.45) is 0 Å². The summed E-state index contributed by atoms with van der Waals surface area (Å²) in [5.74, 6) is 0.883. The van der Waals surface area contributed by atoms with Crippen molar-refractivity contribution in [2.75, 3.05) is 7.11 Å². The van der Waals surface area contributed by atoms with Gasteiger partial charge in [0.25, 0.3) is 0 Å². The fraction of sp³-hybridized carbons (Fsp3) is 0.0952. The van der Waals surface area contributed by atoms with Gasteiger partial charge in [-0.2, -0.15) is 0 Å². The molecule has 3 rings (SSSR count).